The number of fused-ring (bicyclic) bond motifs is 1. The highest BCUT2D eigenvalue weighted by molar-refractivity contribution is 7.09. The number of carbonyl (C=O) groups excluding carboxylic acids is 1. The zero-order valence-corrected chi connectivity index (χ0v) is 17.1. The molecule has 0 saturated carbocycles. The van der Waals surface area contributed by atoms with Gasteiger partial charge in [0.25, 0.3) is 0 Å². The van der Waals surface area contributed by atoms with Crippen molar-refractivity contribution >= 4 is 28.6 Å². The third-order valence-corrected chi connectivity index (χ3v) is 6.14. The smallest absolute Gasteiger partial charge is 0.231 e. The van der Waals surface area contributed by atoms with Crippen LogP contribution in [0.2, 0.25) is 0 Å². The Labute approximate surface area is 170 Å². The molecule has 0 bridgehead atoms. The summed E-state index contributed by atoms with van der Waals surface area (Å²) in [7, 11) is 0. The minimum absolute atomic E-state index is 0.0264. The summed E-state index contributed by atoms with van der Waals surface area (Å²) in [5.41, 5.74) is 5.76. The third-order valence-electron chi connectivity index (χ3n) is 5.24. The summed E-state index contributed by atoms with van der Waals surface area (Å²) in [5.74, 6) is -0.0264. The van der Waals surface area contributed by atoms with Gasteiger partial charge in [0, 0.05) is 22.8 Å². The fourth-order valence-electron chi connectivity index (χ4n) is 3.66. The van der Waals surface area contributed by atoms with Crippen LogP contribution in [0.4, 0.5) is 11.4 Å². The van der Waals surface area contributed by atoms with Crippen molar-refractivity contribution in [2.45, 2.75) is 45.7 Å². The molecule has 1 unspecified atom stereocenters. The first-order valence-corrected chi connectivity index (χ1v) is 10.6. The molecule has 1 N–H and O–H groups in total. The minimum Gasteiger partial charge on any atom is -0.363 e. The number of nitrogens with zero attached hydrogens (tertiary/aromatic N) is 2. The highest BCUT2D eigenvalue weighted by Gasteiger charge is 2.23. The second kappa shape index (κ2) is 8.15. The van der Waals surface area contributed by atoms with Gasteiger partial charge in [0.15, 0.2) is 0 Å². The Morgan fingerprint density at radius 1 is 1.21 bits per heavy atom. The van der Waals surface area contributed by atoms with Gasteiger partial charge in [0.1, 0.15) is 5.01 Å². The molecule has 0 aliphatic carbocycles. The molecule has 3 aromatic rings. The fraction of sp³-hybridized carbons (Fsp3) is 0.304. The van der Waals surface area contributed by atoms with Crippen LogP contribution in [0, 0.1) is 6.92 Å². The zero-order valence-electron chi connectivity index (χ0n) is 16.3. The van der Waals surface area contributed by atoms with E-state index in [4.69, 9.17) is 4.98 Å². The predicted octanol–water partition coefficient (Wildman–Crippen LogP) is 4.97. The van der Waals surface area contributed by atoms with E-state index >= 15 is 0 Å². The van der Waals surface area contributed by atoms with E-state index in [0.29, 0.717) is 12.5 Å². The van der Waals surface area contributed by atoms with Crippen LogP contribution < -0.4 is 10.2 Å². The predicted molar refractivity (Wildman–Crippen MR) is 116 cm³/mol. The van der Waals surface area contributed by atoms with Gasteiger partial charge in [-0.3, -0.25) is 4.79 Å². The van der Waals surface area contributed by atoms with Crippen molar-refractivity contribution in [1.29, 1.82) is 0 Å². The second-order valence-corrected chi connectivity index (χ2v) is 8.41. The third kappa shape index (κ3) is 4.25. The van der Waals surface area contributed by atoms with Crippen LogP contribution in [0.25, 0.3) is 0 Å². The van der Waals surface area contributed by atoms with E-state index in [1.807, 2.05) is 31.2 Å². The van der Waals surface area contributed by atoms with Crippen molar-refractivity contribution in [1.82, 2.24) is 4.98 Å². The van der Waals surface area contributed by atoms with Gasteiger partial charge in [-0.25, -0.2) is 4.98 Å². The van der Waals surface area contributed by atoms with Crippen molar-refractivity contribution in [3.8, 4) is 0 Å². The fourth-order valence-corrected chi connectivity index (χ4v) is 4.44. The van der Waals surface area contributed by atoms with Crippen LogP contribution >= 0.6 is 11.3 Å². The van der Waals surface area contributed by atoms with Crippen LogP contribution in [0.1, 0.15) is 35.2 Å². The lowest BCUT2D eigenvalue weighted by Crippen LogP contribution is -2.36. The molecule has 1 aliphatic heterocycles. The first kappa shape index (κ1) is 18.7. The number of aromatic nitrogens is 1. The average Bonchev–Trinajstić information content (AvgIpc) is 3.13. The first-order valence-electron chi connectivity index (χ1n) is 9.73. The number of amides is 1. The molecular formula is C23H25N3OS. The van der Waals surface area contributed by atoms with E-state index in [2.05, 4.69) is 46.8 Å². The topological polar surface area (TPSA) is 45.2 Å². The molecule has 0 radical (unpaired) electrons. The lowest BCUT2D eigenvalue weighted by atomic mass is 9.96. The molecule has 4 nitrogen and oxygen atoms in total. The maximum absolute atomic E-state index is 12.3. The molecule has 0 saturated heterocycles. The molecule has 0 fully saturated rings. The molecule has 1 aromatic heterocycles. The summed E-state index contributed by atoms with van der Waals surface area (Å²) in [6.45, 7) is 5.09. The lowest BCUT2D eigenvalue weighted by Gasteiger charge is -2.36. The molecule has 4 rings (SSSR count). The van der Waals surface area contributed by atoms with E-state index in [9.17, 15) is 4.79 Å². The maximum Gasteiger partial charge on any atom is 0.231 e. The maximum atomic E-state index is 12.3. The van der Waals surface area contributed by atoms with E-state index in [0.717, 1.165) is 35.8 Å². The monoisotopic (exact) mass is 391 g/mol. The summed E-state index contributed by atoms with van der Waals surface area (Å²) in [4.78, 5) is 19.5. The Kier molecular flexibility index (Phi) is 5.44. The summed E-state index contributed by atoms with van der Waals surface area (Å²) in [5, 5.41) is 5.89. The number of nitrogens with one attached hydrogen (secondary N) is 1. The van der Waals surface area contributed by atoms with E-state index in [1.54, 1.807) is 11.3 Å². The van der Waals surface area contributed by atoms with E-state index < -0.39 is 0 Å². The minimum atomic E-state index is -0.0264. The van der Waals surface area contributed by atoms with Crippen LogP contribution in [0.15, 0.2) is 53.9 Å². The highest BCUT2D eigenvalue weighted by Crippen LogP contribution is 2.31. The Morgan fingerprint density at radius 2 is 2.00 bits per heavy atom. The number of aryl methyl sites for hydroxylation is 2. The normalized spacial score (nSPS) is 15.9. The van der Waals surface area contributed by atoms with Gasteiger partial charge in [-0.05, 0) is 50.5 Å². The lowest BCUT2D eigenvalue weighted by molar-refractivity contribution is -0.115. The van der Waals surface area contributed by atoms with Crippen molar-refractivity contribution in [3.63, 3.8) is 0 Å². The standard InChI is InChI=1S/C23H25N3OS/c1-16-7-11-19(12-8-16)24-22(27)13-23-25-20(15-28-23)14-26-17(2)9-10-18-5-3-4-6-21(18)26/h3-8,11-12,15,17H,9-10,13-14H2,1-2H3,(H,24,27). The number of thiazole rings is 1. The van der Waals surface area contributed by atoms with Gasteiger partial charge >= 0.3 is 0 Å². The quantitative estimate of drug-likeness (QED) is 0.668. The van der Waals surface area contributed by atoms with Crippen LogP contribution in [0.5, 0.6) is 0 Å². The Bertz CT molecular complexity index is 964. The number of benzene rings is 2. The summed E-state index contributed by atoms with van der Waals surface area (Å²) < 4.78 is 0. The molecule has 5 heteroatoms. The van der Waals surface area contributed by atoms with Crippen molar-refractivity contribution in [2.75, 3.05) is 10.2 Å². The Balaban J connectivity index is 1.40. The van der Waals surface area contributed by atoms with Crippen molar-refractivity contribution in [2.24, 2.45) is 0 Å². The molecule has 28 heavy (non-hydrogen) atoms. The molecule has 1 atom stereocenters. The van der Waals surface area contributed by atoms with Crippen LogP contribution in [-0.4, -0.2) is 16.9 Å². The number of anilines is 2. The molecule has 1 aliphatic rings. The molecule has 1 amide bonds. The number of carbonyl (C=O) groups is 1. The molecule has 0 spiro atoms. The highest BCUT2D eigenvalue weighted by atomic mass is 32.1. The molecular weight excluding hydrogens is 366 g/mol. The summed E-state index contributed by atoms with van der Waals surface area (Å²) >= 11 is 1.56. The largest absolute Gasteiger partial charge is 0.363 e. The van der Waals surface area contributed by atoms with Gasteiger partial charge in [0.05, 0.1) is 18.7 Å². The number of para-hydroxylation sites is 1. The summed E-state index contributed by atoms with van der Waals surface area (Å²) in [6, 6.07) is 17.0. The van der Waals surface area contributed by atoms with Crippen molar-refractivity contribution < 1.29 is 4.79 Å². The number of hydrogen-bond acceptors (Lipinski definition) is 4. The second-order valence-electron chi connectivity index (χ2n) is 7.47. The van der Waals surface area contributed by atoms with Crippen LogP contribution in [0.3, 0.4) is 0 Å². The first-order chi connectivity index (χ1) is 13.6. The number of rotatable bonds is 5. The van der Waals surface area contributed by atoms with Gasteiger partial charge in [-0.15, -0.1) is 11.3 Å². The van der Waals surface area contributed by atoms with Gasteiger partial charge in [-0.1, -0.05) is 35.9 Å². The average molecular weight is 392 g/mol. The number of hydrogen-bond donors (Lipinski definition) is 1. The Hall–Kier alpha value is -2.66. The van der Waals surface area contributed by atoms with Gasteiger partial charge < -0.3 is 10.2 Å². The van der Waals surface area contributed by atoms with Crippen molar-refractivity contribution in [3.05, 3.63) is 75.7 Å². The van der Waals surface area contributed by atoms with Gasteiger partial charge in [0.2, 0.25) is 5.91 Å². The van der Waals surface area contributed by atoms with E-state index in [1.165, 1.54) is 16.8 Å². The zero-order chi connectivity index (χ0) is 19.5. The Morgan fingerprint density at radius 3 is 2.82 bits per heavy atom. The SMILES string of the molecule is Cc1ccc(NC(=O)Cc2nc(CN3c4ccccc4CCC3C)cs2)cc1. The molecule has 2 aromatic carbocycles. The van der Waals surface area contributed by atoms with E-state index in [-0.39, 0.29) is 5.91 Å². The molecule has 144 valence electrons. The van der Waals surface area contributed by atoms with Crippen LogP contribution in [-0.2, 0) is 24.2 Å². The molecule has 2 heterocycles. The van der Waals surface area contributed by atoms with Gasteiger partial charge in [-0.2, -0.15) is 0 Å². The summed E-state index contributed by atoms with van der Waals surface area (Å²) in [6.07, 6.45) is 2.60.